The largest absolute Gasteiger partial charge is 0.376 e. The third-order valence-corrected chi connectivity index (χ3v) is 2.57. The number of hydrogen-bond donors (Lipinski definition) is 4. The second kappa shape index (κ2) is 4.25. The van der Waals surface area contributed by atoms with Crippen LogP contribution < -0.4 is 16.9 Å². The van der Waals surface area contributed by atoms with E-state index in [0.717, 1.165) is 0 Å². The molecule has 0 aliphatic rings. The summed E-state index contributed by atoms with van der Waals surface area (Å²) in [5, 5.41) is 27.0. The molecule has 0 saturated heterocycles. The van der Waals surface area contributed by atoms with Crippen LogP contribution in [0.1, 0.15) is 0 Å². The minimum Gasteiger partial charge on any atom is -0.376 e. The fourth-order valence-electron chi connectivity index (χ4n) is 1.72. The zero-order chi connectivity index (χ0) is 13.4. The molecule has 0 aromatic carbocycles. The van der Waals surface area contributed by atoms with Crippen molar-refractivity contribution in [3.8, 4) is 0 Å². The summed E-state index contributed by atoms with van der Waals surface area (Å²) in [6, 6.07) is 0. The number of nitrogens with zero attached hydrogens (tertiary/aromatic N) is 3. The third kappa shape index (κ3) is 1.44. The summed E-state index contributed by atoms with van der Waals surface area (Å²) in [6.45, 7) is -2.47. The van der Waals surface area contributed by atoms with Gasteiger partial charge in [-0.1, -0.05) is 0 Å². The summed E-state index contributed by atoms with van der Waals surface area (Å²) in [5.41, 5.74) is -3.22. The van der Waals surface area contributed by atoms with Gasteiger partial charge in [0, 0.05) is 0 Å². The molecule has 0 atom stereocenters. The third-order valence-electron chi connectivity index (χ3n) is 2.57. The van der Waals surface area contributed by atoms with E-state index in [1.165, 1.54) is 0 Å². The van der Waals surface area contributed by atoms with Crippen LogP contribution in [0.3, 0.4) is 0 Å². The first-order valence-corrected chi connectivity index (χ1v) is 4.85. The van der Waals surface area contributed by atoms with Gasteiger partial charge >= 0.3 is 11.4 Å². The van der Waals surface area contributed by atoms with Gasteiger partial charge in [-0.15, -0.1) is 0 Å². The molecule has 10 heteroatoms. The number of hydrogen-bond acceptors (Lipinski definition) is 6. The van der Waals surface area contributed by atoms with Crippen molar-refractivity contribution in [2.45, 2.75) is 20.2 Å². The van der Waals surface area contributed by atoms with E-state index in [1.54, 1.807) is 0 Å². The Hall–Kier alpha value is -2.17. The van der Waals surface area contributed by atoms with Crippen molar-refractivity contribution >= 4 is 11.2 Å². The second-order valence-electron chi connectivity index (χ2n) is 3.42. The lowest BCUT2D eigenvalue weighted by Gasteiger charge is -2.07. The number of aliphatic hydroxyl groups is 3. The van der Waals surface area contributed by atoms with Gasteiger partial charge in [0.05, 0.1) is 0 Å². The molecule has 2 rings (SSSR count). The number of imidazole rings is 1. The maximum Gasteiger partial charge on any atom is 0.336 e. The van der Waals surface area contributed by atoms with Gasteiger partial charge in [-0.25, -0.2) is 14.2 Å². The predicted molar refractivity (Wildman–Crippen MR) is 57.7 cm³/mol. The van der Waals surface area contributed by atoms with Crippen molar-refractivity contribution < 1.29 is 15.3 Å². The lowest BCUT2D eigenvalue weighted by molar-refractivity contribution is 0.178. The smallest absolute Gasteiger partial charge is 0.336 e. The Balaban J connectivity index is 3.15. The molecule has 0 unspecified atom stereocenters. The van der Waals surface area contributed by atoms with Gasteiger partial charge < -0.3 is 15.3 Å². The Labute approximate surface area is 97.6 Å². The van der Waals surface area contributed by atoms with Crippen molar-refractivity contribution in [3.63, 3.8) is 0 Å². The van der Waals surface area contributed by atoms with Crippen LogP contribution in [0, 0.1) is 0 Å². The molecule has 0 amide bonds. The molecule has 0 aliphatic heterocycles. The minimum atomic E-state index is -0.969. The Morgan fingerprint density at radius 3 is 1.94 bits per heavy atom. The highest BCUT2D eigenvalue weighted by molar-refractivity contribution is 5.69. The second-order valence-corrected chi connectivity index (χ2v) is 3.42. The van der Waals surface area contributed by atoms with Gasteiger partial charge in [-0.2, -0.15) is 0 Å². The molecule has 10 nitrogen and oxygen atoms in total. The fourth-order valence-corrected chi connectivity index (χ4v) is 1.72. The van der Waals surface area contributed by atoms with Crippen LogP contribution in [0.25, 0.3) is 11.2 Å². The molecular weight excluding hydrogens is 248 g/mol. The number of aliphatic hydroxyl groups excluding tert-OH is 3. The highest BCUT2D eigenvalue weighted by atomic mass is 16.3. The topological polar surface area (TPSA) is 142 Å². The summed E-state index contributed by atoms with van der Waals surface area (Å²) in [7, 11) is 0. The Kier molecular flexibility index (Phi) is 2.90. The van der Waals surface area contributed by atoms with Crippen LogP contribution in [0.15, 0.2) is 14.4 Å². The zero-order valence-electron chi connectivity index (χ0n) is 9.03. The molecule has 4 N–H and O–H groups in total. The summed E-state index contributed by atoms with van der Waals surface area (Å²) < 4.78 is 1.81. The average molecular weight is 258 g/mol. The molecule has 2 aromatic heterocycles. The van der Waals surface area contributed by atoms with Crippen molar-refractivity contribution in [1.29, 1.82) is 0 Å². The van der Waals surface area contributed by atoms with Crippen LogP contribution in [0.5, 0.6) is 0 Å². The quantitative estimate of drug-likeness (QED) is 0.450. The van der Waals surface area contributed by atoms with E-state index in [0.29, 0.717) is 13.7 Å². The summed E-state index contributed by atoms with van der Waals surface area (Å²) in [6.07, 6.45) is 0. The average Bonchev–Trinajstić information content (AvgIpc) is 2.67. The highest BCUT2D eigenvalue weighted by Crippen LogP contribution is 2.01. The lowest BCUT2D eigenvalue weighted by atomic mass is 10.5. The van der Waals surface area contributed by atoms with Gasteiger partial charge in [0.25, 0.3) is 5.56 Å². The van der Waals surface area contributed by atoms with E-state index < -0.39 is 37.1 Å². The Morgan fingerprint density at radius 1 is 0.889 bits per heavy atom. The van der Waals surface area contributed by atoms with Crippen LogP contribution >= 0.6 is 0 Å². The summed E-state index contributed by atoms with van der Waals surface area (Å²) in [4.78, 5) is 37.2. The van der Waals surface area contributed by atoms with Gasteiger partial charge in [0.15, 0.2) is 11.2 Å². The van der Waals surface area contributed by atoms with Crippen molar-refractivity contribution in [2.75, 3.05) is 0 Å². The number of aromatic nitrogens is 4. The number of aromatic amines is 1. The Bertz CT molecular complexity index is 763. The van der Waals surface area contributed by atoms with Crippen LogP contribution in [-0.2, 0) is 20.2 Å². The van der Waals surface area contributed by atoms with Crippen LogP contribution in [0.2, 0.25) is 0 Å². The Morgan fingerprint density at radius 2 is 1.44 bits per heavy atom. The van der Waals surface area contributed by atoms with Crippen molar-refractivity contribution in [1.82, 2.24) is 18.7 Å². The zero-order valence-corrected chi connectivity index (χ0v) is 9.03. The number of H-pyrrole nitrogens is 1. The first-order chi connectivity index (χ1) is 8.56. The van der Waals surface area contributed by atoms with Gasteiger partial charge in [-0.3, -0.25) is 18.9 Å². The van der Waals surface area contributed by atoms with E-state index in [9.17, 15) is 14.4 Å². The maximum atomic E-state index is 11.9. The van der Waals surface area contributed by atoms with Crippen molar-refractivity contribution in [3.05, 3.63) is 31.3 Å². The molecule has 2 aromatic rings. The molecule has 0 aliphatic carbocycles. The summed E-state index contributed by atoms with van der Waals surface area (Å²) in [5.74, 6) is 0. The maximum absolute atomic E-state index is 11.9. The van der Waals surface area contributed by atoms with E-state index >= 15 is 0 Å². The van der Waals surface area contributed by atoms with Gasteiger partial charge in [-0.05, 0) is 0 Å². The SMILES string of the molecule is O=c1c2c([nH]c(=O)n2CO)n(CO)c(=O)n1CO. The van der Waals surface area contributed by atoms with Crippen LogP contribution in [-0.4, -0.2) is 34.0 Å². The van der Waals surface area contributed by atoms with Crippen molar-refractivity contribution in [2.24, 2.45) is 0 Å². The van der Waals surface area contributed by atoms with E-state index in [-0.39, 0.29) is 11.2 Å². The molecule has 2 heterocycles. The molecule has 0 saturated carbocycles. The first kappa shape index (κ1) is 12.3. The minimum absolute atomic E-state index is 0.212. The molecule has 0 fully saturated rings. The predicted octanol–water partition coefficient (Wildman–Crippen LogP) is -3.50. The van der Waals surface area contributed by atoms with Crippen LogP contribution in [0.4, 0.5) is 0 Å². The standard InChI is InChI=1S/C8H10N4O6/c13-1-10-4-5(9-7(10)17)11(2-14)8(18)12(3-15)6(4)16/h13-15H,1-3H2,(H,9,17). The molecule has 0 spiro atoms. The number of rotatable bonds is 3. The molecule has 0 radical (unpaired) electrons. The molecule has 18 heavy (non-hydrogen) atoms. The lowest BCUT2D eigenvalue weighted by Crippen LogP contribution is -2.40. The monoisotopic (exact) mass is 258 g/mol. The molecular formula is C8H10N4O6. The van der Waals surface area contributed by atoms with E-state index in [2.05, 4.69) is 4.98 Å². The fraction of sp³-hybridized carbons (Fsp3) is 0.375. The number of fused-ring (bicyclic) bond motifs is 1. The molecule has 98 valence electrons. The van der Waals surface area contributed by atoms with Gasteiger partial charge in [0.2, 0.25) is 0 Å². The van der Waals surface area contributed by atoms with E-state index in [4.69, 9.17) is 15.3 Å². The van der Waals surface area contributed by atoms with E-state index in [1.807, 2.05) is 0 Å². The number of nitrogens with one attached hydrogen (secondary N) is 1. The molecule has 0 bridgehead atoms. The normalized spacial score (nSPS) is 11.3. The summed E-state index contributed by atoms with van der Waals surface area (Å²) >= 11 is 0. The van der Waals surface area contributed by atoms with Gasteiger partial charge in [0.1, 0.15) is 20.2 Å². The highest BCUT2D eigenvalue weighted by Gasteiger charge is 2.18. The first-order valence-electron chi connectivity index (χ1n) is 4.85.